The highest BCUT2D eigenvalue weighted by molar-refractivity contribution is 5.95. The molecule has 2 amide bonds. The van der Waals surface area contributed by atoms with E-state index in [0.717, 1.165) is 32.7 Å². The molecule has 2 aliphatic rings. The van der Waals surface area contributed by atoms with Crippen LogP contribution in [0.15, 0.2) is 65.9 Å². The first-order chi connectivity index (χ1) is 16.0. The second kappa shape index (κ2) is 10.6. The van der Waals surface area contributed by atoms with Crippen LogP contribution >= 0.6 is 0 Å². The zero-order chi connectivity index (χ0) is 23.2. The number of rotatable bonds is 7. The molecule has 1 saturated heterocycles. The molecule has 2 aliphatic heterocycles. The van der Waals surface area contributed by atoms with Crippen molar-refractivity contribution in [2.24, 2.45) is 0 Å². The van der Waals surface area contributed by atoms with E-state index in [4.69, 9.17) is 4.74 Å². The predicted octanol–water partition coefficient (Wildman–Crippen LogP) is 2.81. The van der Waals surface area contributed by atoms with E-state index < -0.39 is 23.9 Å². The maximum absolute atomic E-state index is 13.9. The van der Waals surface area contributed by atoms with Crippen LogP contribution in [0.3, 0.4) is 0 Å². The van der Waals surface area contributed by atoms with Crippen LogP contribution in [-0.4, -0.2) is 61.1 Å². The van der Waals surface area contributed by atoms with Gasteiger partial charge in [-0.25, -0.2) is 14.0 Å². The van der Waals surface area contributed by atoms with E-state index in [1.54, 1.807) is 19.1 Å². The van der Waals surface area contributed by atoms with E-state index >= 15 is 0 Å². The van der Waals surface area contributed by atoms with Crippen LogP contribution in [0.25, 0.3) is 0 Å². The number of amides is 2. The van der Waals surface area contributed by atoms with Crippen LogP contribution in [-0.2, 0) is 16.1 Å². The van der Waals surface area contributed by atoms with Crippen molar-refractivity contribution in [3.05, 3.63) is 82.8 Å². The number of nitrogens with zero attached hydrogens (tertiary/aromatic N) is 2. The quantitative estimate of drug-likeness (QED) is 0.632. The number of nitrogens with one attached hydrogen (secondary N) is 2. The number of carbonyl (C=O) groups excluding carboxylic acids is 2. The molecule has 0 bridgehead atoms. The van der Waals surface area contributed by atoms with Crippen LogP contribution in [0.5, 0.6) is 0 Å². The summed E-state index contributed by atoms with van der Waals surface area (Å²) in [5.41, 5.74) is 2.59. The number of hydrogen-bond acceptors (Lipinski definition) is 5. The van der Waals surface area contributed by atoms with Crippen LogP contribution in [0.1, 0.15) is 24.1 Å². The van der Waals surface area contributed by atoms with E-state index in [1.807, 2.05) is 18.2 Å². The average Bonchev–Trinajstić information content (AvgIpc) is 2.81. The van der Waals surface area contributed by atoms with Gasteiger partial charge in [0.05, 0.1) is 18.2 Å². The van der Waals surface area contributed by atoms with Crippen molar-refractivity contribution in [3.63, 3.8) is 0 Å². The summed E-state index contributed by atoms with van der Waals surface area (Å²) in [5, 5.41) is 5.55. The van der Waals surface area contributed by atoms with Gasteiger partial charge in [-0.15, -0.1) is 0 Å². The van der Waals surface area contributed by atoms with Crippen molar-refractivity contribution < 1.29 is 18.7 Å². The van der Waals surface area contributed by atoms with E-state index in [9.17, 15) is 14.0 Å². The molecule has 8 heteroatoms. The lowest BCUT2D eigenvalue weighted by molar-refractivity contribution is -0.139. The van der Waals surface area contributed by atoms with Crippen LogP contribution in [0, 0.1) is 5.82 Å². The molecule has 0 aliphatic carbocycles. The van der Waals surface area contributed by atoms with E-state index in [-0.39, 0.29) is 6.61 Å². The molecule has 0 spiro atoms. The van der Waals surface area contributed by atoms with Gasteiger partial charge in [-0.2, -0.15) is 0 Å². The van der Waals surface area contributed by atoms with Gasteiger partial charge in [0.2, 0.25) is 0 Å². The smallest absolute Gasteiger partial charge is 0.338 e. The third-order valence-corrected chi connectivity index (χ3v) is 5.93. The van der Waals surface area contributed by atoms with Gasteiger partial charge in [0, 0.05) is 45.0 Å². The predicted molar refractivity (Wildman–Crippen MR) is 123 cm³/mol. The summed E-state index contributed by atoms with van der Waals surface area (Å²) in [5.74, 6) is -0.948. The Bertz CT molecular complexity index is 1020. The summed E-state index contributed by atoms with van der Waals surface area (Å²) in [6.45, 7) is 6.63. The van der Waals surface area contributed by atoms with E-state index in [0.29, 0.717) is 23.4 Å². The lowest BCUT2D eigenvalue weighted by Gasteiger charge is -2.37. The van der Waals surface area contributed by atoms with Gasteiger partial charge in [0.1, 0.15) is 5.82 Å². The van der Waals surface area contributed by atoms with Crippen molar-refractivity contribution in [3.8, 4) is 0 Å². The topological polar surface area (TPSA) is 73.9 Å². The highest BCUT2D eigenvalue weighted by Crippen LogP contribution is 2.28. The summed E-state index contributed by atoms with van der Waals surface area (Å²) >= 11 is 0. The SMILES string of the molecule is CCOC(=O)C1=C(CN2CCN(Cc3ccccc3)CC2)NC(=O)NC1c1cccc(F)c1. The minimum absolute atomic E-state index is 0.206. The number of carbonyl (C=O) groups is 2. The monoisotopic (exact) mass is 452 g/mol. The summed E-state index contributed by atoms with van der Waals surface area (Å²) in [7, 11) is 0. The van der Waals surface area contributed by atoms with Crippen LogP contribution < -0.4 is 10.6 Å². The summed E-state index contributed by atoms with van der Waals surface area (Å²) in [6.07, 6.45) is 0. The maximum atomic E-state index is 13.9. The van der Waals surface area contributed by atoms with Gasteiger partial charge in [0.25, 0.3) is 0 Å². The summed E-state index contributed by atoms with van der Waals surface area (Å²) in [4.78, 5) is 29.9. The Hall–Kier alpha value is -3.23. The van der Waals surface area contributed by atoms with Crippen molar-refractivity contribution in [2.75, 3.05) is 39.3 Å². The summed E-state index contributed by atoms with van der Waals surface area (Å²) < 4.78 is 19.2. The Morgan fingerprint density at radius 3 is 2.39 bits per heavy atom. The standard InChI is InChI=1S/C25H29FN4O3/c1-2-33-24(31)22-21(27-25(32)28-23(22)19-9-6-10-20(26)15-19)17-30-13-11-29(12-14-30)16-18-7-4-3-5-8-18/h3-10,15,23H,2,11-14,16-17H2,1H3,(H2,27,28,32). The zero-order valence-corrected chi connectivity index (χ0v) is 18.7. The number of ether oxygens (including phenoxy) is 1. The second-order valence-corrected chi connectivity index (χ2v) is 8.24. The minimum Gasteiger partial charge on any atom is -0.463 e. The molecule has 1 unspecified atom stereocenters. The molecule has 7 nitrogen and oxygen atoms in total. The Morgan fingerprint density at radius 2 is 1.73 bits per heavy atom. The number of benzene rings is 2. The first-order valence-corrected chi connectivity index (χ1v) is 11.2. The van der Waals surface area contributed by atoms with Gasteiger partial charge in [-0.1, -0.05) is 42.5 Å². The number of hydrogen-bond donors (Lipinski definition) is 2. The Kier molecular flexibility index (Phi) is 7.36. The Balaban J connectivity index is 1.51. The van der Waals surface area contributed by atoms with Crippen LogP contribution in [0.4, 0.5) is 9.18 Å². The van der Waals surface area contributed by atoms with Crippen molar-refractivity contribution in [2.45, 2.75) is 19.5 Å². The molecule has 2 aromatic rings. The van der Waals surface area contributed by atoms with Crippen molar-refractivity contribution in [1.82, 2.24) is 20.4 Å². The lowest BCUT2D eigenvalue weighted by atomic mass is 9.94. The largest absolute Gasteiger partial charge is 0.463 e. The van der Waals surface area contributed by atoms with Gasteiger partial charge in [0.15, 0.2) is 0 Å². The first kappa shape index (κ1) is 22.9. The Labute approximate surface area is 193 Å². The number of piperazine rings is 1. The Morgan fingerprint density at radius 1 is 1.03 bits per heavy atom. The molecule has 1 atom stereocenters. The van der Waals surface area contributed by atoms with Crippen LogP contribution in [0.2, 0.25) is 0 Å². The molecule has 1 fully saturated rings. The van der Waals surface area contributed by atoms with Gasteiger partial charge in [-0.05, 0) is 30.2 Å². The van der Waals surface area contributed by atoms with Gasteiger partial charge in [-0.3, -0.25) is 9.80 Å². The highest BCUT2D eigenvalue weighted by Gasteiger charge is 2.34. The van der Waals surface area contributed by atoms with Crippen molar-refractivity contribution in [1.29, 1.82) is 0 Å². The fourth-order valence-electron chi connectivity index (χ4n) is 4.30. The van der Waals surface area contributed by atoms with E-state index in [1.165, 1.54) is 17.7 Å². The summed E-state index contributed by atoms with van der Waals surface area (Å²) in [6, 6.07) is 15.1. The van der Waals surface area contributed by atoms with Gasteiger partial charge < -0.3 is 15.4 Å². The molecule has 0 saturated carbocycles. The van der Waals surface area contributed by atoms with E-state index in [2.05, 4.69) is 32.6 Å². The number of urea groups is 1. The average molecular weight is 453 g/mol. The highest BCUT2D eigenvalue weighted by atomic mass is 19.1. The molecule has 4 rings (SSSR count). The maximum Gasteiger partial charge on any atom is 0.338 e. The third kappa shape index (κ3) is 5.77. The molecule has 2 heterocycles. The molecule has 2 aromatic carbocycles. The lowest BCUT2D eigenvalue weighted by Crippen LogP contribution is -2.51. The molecular weight excluding hydrogens is 423 g/mol. The number of esters is 1. The molecule has 33 heavy (non-hydrogen) atoms. The normalized spacial score (nSPS) is 19.7. The molecular formula is C25H29FN4O3. The fourth-order valence-corrected chi connectivity index (χ4v) is 4.30. The third-order valence-electron chi connectivity index (χ3n) is 5.93. The zero-order valence-electron chi connectivity index (χ0n) is 18.7. The van der Waals surface area contributed by atoms with Gasteiger partial charge >= 0.3 is 12.0 Å². The minimum atomic E-state index is -0.775. The molecule has 0 radical (unpaired) electrons. The van der Waals surface area contributed by atoms with Crippen molar-refractivity contribution >= 4 is 12.0 Å². The number of halogens is 1. The molecule has 2 N–H and O–H groups in total. The second-order valence-electron chi connectivity index (χ2n) is 8.24. The fraction of sp³-hybridized carbons (Fsp3) is 0.360. The molecule has 0 aromatic heterocycles. The molecule has 174 valence electrons. The first-order valence-electron chi connectivity index (χ1n) is 11.2.